The first kappa shape index (κ1) is 14.5. The van der Waals surface area contributed by atoms with Crippen molar-refractivity contribution in [3.8, 4) is 6.07 Å². The van der Waals surface area contributed by atoms with Gasteiger partial charge in [-0.05, 0) is 36.8 Å². The number of hydrogen-bond donors (Lipinski definition) is 1. The summed E-state index contributed by atoms with van der Waals surface area (Å²) in [6, 6.07) is 15.8. The van der Waals surface area contributed by atoms with Gasteiger partial charge in [-0.25, -0.2) is 4.98 Å². The van der Waals surface area contributed by atoms with Crippen LogP contribution in [0, 0.1) is 28.4 Å². The molecular formula is C17H12N4O2. The molecule has 1 N–H and O–H groups in total. The van der Waals surface area contributed by atoms with Gasteiger partial charge in [0.25, 0.3) is 5.69 Å². The Bertz CT molecular complexity index is 960. The van der Waals surface area contributed by atoms with Gasteiger partial charge in [-0.1, -0.05) is 12.1 Å². The second-order valence-corrected chi connectivity index (χ2v) is 5.12. The third-order valence-corrected chi connectivity index (χ3v) is 3.41. The molecule has 112 valence electrons. The summed E-state index contributed by atoms with van der Waals surface area (Å²) in [6.45, 7) is 1.98. The first-order valence-corrected chi connectivity index (χ1v) is 6.90. The fourth-order valence-electron chi connectivity index (χ4n) is 2.32. The standard InChI is InChI=1S/C17H12N4O2/c1-11-3-2-4-14(7-11)19-17-13(10-18)8-12-9-15(21(22)23)5-6-16(12)20-17/h2-9H,1H3,(H,19,20). The van der Waals surface area contributed by atoms with Gasteiger partial charge in [0.05, 0.1) is 16.0 Å². The van der Waals surface area contributed by atoms with Crippen LogP contribution in [0.25, 0.3) is 10.9 Å². The van der Waals surface area contributed by atoms with E-state index in [1.165, 1.54) is 12.1 Å². The summed E-state index contributed by atoms with van der Waals surface area (Å²) < 4.78 is 0. The maximum atomic E-state index is 10.8. The van der Waals surface area contributed by atoms with Gasteiger partial charge in [-0.15, -0.1) is 0 Å². The Kier molecular flexibility index (Phi) is 3.61. The predicted octanol–water partition coefficient (Wildman–Crippen LogP) is 4.07. The zero-order valence-corrected chi connectivity index (χ0v) is 12.3. The number of non-ortho nitro benzene ring substituents is 1. The molecule has 0 spiro atoms. The summed E-state index contributed by atoms with van der Waals surface area (Å²) in [5, 5.41) is 23.9. The number of nitro benzene ring substituents is 1. The molecule has 0 unspecified atom stereocenters. The number of nitro groups is 1. The zero-order valence-electron chi connectivity index (χ0n) is 12.3. The molecule has 3 rings (SSSR count). The average molecular weight is 304 g/mol. The van der Waals surface area contributed by atoms with Crippen LogP contribution >= 0.6 is 0 Å². The molecule has 6 heteroatoms. The summed E-state index contributed by atoms with van der Waals surface area (Å²) in [6.07, 6.45) is 0. The van der Waals surface area contributed by atoms with Crippen molar-refractivity contribution in [2.24, 2.45) is 0 Å². The fourth-order valence-corrected chi connectivity index (χ4v) is 2.32. The van der Waals surface area contributed by atoms with E-state index in [1.54, 1.807) is 12.1 Å². The summed E-state index contributed by atoms with van der Waals surface area (Å²) in [4.78, 5) is 14.8. The third kappa shape index (κ3) is 2.94. The van der Waals surface area contributed by atoms with Gasteiger partial charge in [-0.2, -0.15) is 5.26 Å². The SMILES string of the molecule is Cc1cccc(Nc2nc3ccc([N+](=O)[O-])cc3cc2C#N)c1. The summed E-state index contributed by atoms with van der Waals surface area (Å²) in [5.41, 5.74) is 2.81. The number of fused-ring (bicyclic) bond motifs is 1. The van der Waals surface area contributed by atoms with Crippen LogP contribution in [0.4, 0.5) is 17.2 Å². The van der Waals surface area contributed by atoms with Crippen molar-refractivity contribution >= 4 is 28.1 Å². The van der Waals surface area contributed by atoms with E-state index in [4.69, 9.17) is 0 Å². The molecule has 0 atom stereocenters. The monoisotopic (exact) mass is 304 g/mol. The fraction of sp³-hybridized carbons (Fsp3) is 0.0588. The molecule has 0 aliphatic rings. The molecule has 0 bridgehead atoms. The Balaban J connectivity index is 2.08. The van der Waals surface area contributed by atoms with Crippen LogP contribution in [0.3, 0.4) is 0 Å². The Hall–Kier alpha value is -3.46. The minimum Gasteiger partial charge on any atom is -0.339 e. The molecule has 2 aromatic carbocycles. The number of aromatic nitrogens is 1. The van der Waals surface area contributed by atoms with Gasteiger partial charge < -0.3 is 5.32 Å². The Morgan fingerprint density at radius 1 is 1.22 bits per heavy atom. The van der Waals surface area contributed by atoms with E-state index in [1.807, 2.05) is 31.2 Å². The molecule has 0 fully saturated rings. The van der Waals surface area contributed by atoms with E-state index in [2.05, 4.69) is 16.4 Å². The van der Waals surface area contributed by atoms with Crippen LogP contribution in [0.2, 0.25) is 0 Å². The molecule has 0 saturated carbocycles. The van der Waals surface area contributed by atoms with Crippen LogP contribution in [-0.2, 0) is 0 Å². The number of aryl methyl sites for hydroxylation is 1. The van der Waals surface area contributed by atoms with Crippen molar-refractivity contribution in [2.75, 3.05) is 5.32 Å². The molecule has 1 heterocycles. The number of hydrogen-bond acceptors (Lipinski definition) is 5. The number of pyridine rings is 1. The van der Waals surface area contributed by atoms with Gasteiger partial charge >= 0.3 is 0 Å². The Morgan fingerprint density at radius 2 is 2.04 bits per heavy atom. The quantitative estimate of drug-likeness (QED) is 0.581. The lowest BCUT2D eigenvalue weighted by Crippen LogP contribution is -1.98. The van der Waals surface area contributed by atoms with Gasteiger partial charge in [0.1, 0.15) is 11.9 Å². The van der Waals surface area contributed by atoms with E-state index in [0.29, 0.717) is 22.3 Å². The first-order chi connectivity index (χ1) is 11.1. The number of nitriles is 1. The predicted molar refractivity (Wildman–Crippen MR) is 87.6 cm³/mol. The van der Waals surface area contributed by atoms with Crippen LogP contribution in [-0.4, -0.2) is 9.91 Å². The van der Waals surface area contributed by atoms with Crippen molar-refractivity contribution in [3.05, 3.63) is 69.8 Å². The second kappa shape index (κ2) is 5.73. The van der Waals surface area contributed by atoms with E-state index in [-0.39, 0.29) is 5.69 Å². The molecule has 0 amide bonds. The van der Waals surface area contributed by atoms with Gasteiger partial charge in [0, 0.05) is 23.2 Å². The summed E-state index contributed by atoms with van der Waals surface area (Å²) in [5.74, 6) is 0.430. The minimum absolute atomic E-state index is 0.0254. The van der Waals surface area contributed by atoms with Gasteiger partial charge in [0.2, 0.25) is 0 Å². The first-order valence-electron chi connectivity index (χ1n) is 6.90. The van der Waals surface area contributed by atoms with E-state index in [0.717, 1.165) is 11.3 Å². The highest BCUT2D eigenvalue weighted by Crippen LogP contribution is 2.26. The number of anilines is 2. The largest absolute Gasteiger partial charge is 0.339 e. The lowest BCUT2D eigenvalue weighted by Gasteiger charge is -2.09. The molecule has 0 saturated heterocycles. The van der Waals surface area contributed by atoms with Crippen molar-refractivity contribution < 1.29 is 4.92 Å². The maximum absolute atomic E-state index is 10.8. The highest BCUT2D eigenvalue weighted by molar-refractivity contribution is 5.85. The highest BCUT2D eigenvalue weighted by Gasteiger charge is 2.11. The van der Waals surface area contributed by atoms with Gasteiger partial charge in [-0.3, -0.25) is 10.1 Å². The van der Waals surface area contributed by atoms with Crippen LogP contribution in [0.1, 0.15) is 11.1 Å². The van der Waals surface area contributed by atoms with Gasteiger partial charge in [0.15, 0.2) is 0 Å². The molecule has 3 aromatic rings. The molecule has 23 heavy (non-hydrogen) atoms. The lowest BCUT2D eigenvalue weighted by molar-refractivity contribution is -0.384. The second-order valence-electron chi connectivity index (χ2n) is 5.12. The molecule has 0 aliphatic carbocycles. The topological polar surface area (TPSA) is 91.8 Å². The van der Waals surface area contributed by atoms with Crippen LogP contribution < -0.4 is 5.32 Å². The number of rotatable bonds is 3. The number of nitrogens with zero attached hydrogens (tertiary/aromatic N) is 3. The number of benzene rings is 2. The Labute approximate surface area is 132 Å². The van der Waals surface area contributed by atoms with Crippen molar-refractivity contribution in [1.82, 2.24) is 4.98 Å². The lowest BCUT2D eigenvalue weighted by atomic mass is 10.1. The molecular weight excluding hydrogens is 292 g/mol. The minimum atomic E-state index is -0.468. The maximum Gasteiger partial charge on any atom is 0.270 e. The van der Waals surface area contributed by atoms with E-state index >= 15 is 0 Å². The zero-order chi connectivity index (χ0) is 16.4. The van der Waals surface area contributed by atoms with Crippen LogP contribution in [0.15, 0.2) is 48.5 Å². The molecule has 0 radical (unpaired) electrons. The average Bonchev–Trinajstić information content (AvgIpc) is 2.53. The van der Waals surface area contributed by atoms with E-state index < -0.39 is 4.92 Å². The third-order valence-electron chi connectivity index (χ3n) is 3.41. The number of nitrogens with one attached hydrogen (secondary N) is 1. The molecule has 0 aliphatic heterocycles. The Morgan fingerprint density at radius 3 is 2.74 bits per heavy atom. The highest BCUT2D eigenvalue weighted by atomic mass is 16.6. The normalized spacial score (nSPS) is 10.3. The van der Waals surface area contributed by atoms with E-state index in [9.17, 15) is 15.4 Å². The smallest absolute Gasteiger partial charge is 0.270 e. The summed E-state index contributed by atoms with van der Waals surface area (Å²) >= 11 is 0. The molecule has 1 aromatic heterocycles. The van der Waals surface area contributed by atoms with Crippen molar-refractivity contribution in [1.29, 1.82) is 5.26 Å². The van der Waals surface area contributed by atoms with Crippen molar-refractivity contribution in [3.63, 3.8) is 0 Å². The van der Waals surface area contributed by atoms with Crippen LogP contribution in [0.5, 0.6) is 0 Å². The summed E-state index contributed by atoms with van der Waals surface area (Å²) in [7, 11) is 0. The van der Waals surface area contributed by atoms with Crippen molar-refractivity contribution in [2.45, 2.75) is 6.92 Å². The molecule has 6 nitrogen and oxygen atoms in total.